The van der Waals surface area contributed by atoms with Crippen molar-refractivity contribution in [3.05, 3.63) is 54.6 Å². The minimum absolute atomic E-state index is 0.0649. The van der Waals surface area contributed by atoms with E-state index in [9.17, 15) is 4.79 Å². The Labute approximate surface area is 113 Å². The van der Waals surface area contributed by atoms with Gasteiger partial charge in [-0.2, -0.15) is 0 Å². The molecule has 2 aromatic rings. The number of carbonyl (C=O) groups excluding carboxylic acids is 1. The summed E-state index contributed by atoms with van der Waals surface area (Å²) in [6.45, 7) is 0. The summed E-state index contributed by atoms with van der Waals surface area (Å²) >= 11 is 0. The topological polar surface area (TPSA) is 26.3 Å². The molecule has 0 saturated heterocycles. The highest BCUT2D eigenvalue weighted by Crippen LogP contribution is 2.25. The van der Waals surface area contributed by atoms with Crippen LogP contribution in [-0.2, 0) is 4.79 Å². The largest absolute Gasteiger partial charge is 0.490 e. The van der Waals surface area contributed by atoms with Gasteiger partial charge < -0.3 is 4.74 Å². The van der Waals surface area contributed by atoms with Crippen LogP contribution in [0.5, 0.6) is 5.75 Å². The fourth-order valence-corrected chi connectivity index (χ4v) is 2.43. The number of ketones is 1. The highest BCUT2D eigenvalue weighted by atomic mass is 16.5. The normalized spacial score (nSPS) is 18.5. The predicted molar refractivity (Wildman–Crippen MR) is 75.2 cm³/mol. The molecule has 2 nitrogen and oxygen atoms in total. The van der Waals surface area contributed by atoms with Crippen LogP contribution in [-0.4, -0.2) is 11.9 Å². The highest BCUT2D eigenvalue weighted by molar-refractivity contribution is 5.81. The van der Waals surface area contributed by atoms with Crippen LogP contribution < -0.4 is 4.74 Å². The van der Waals surface area contributed by atoms with Crippen molar-refractivity contribution >= 4 is 5.78 Å². The molecule has 0 aromatic heterocycles. The number of benzene rings is 2. The minimum Gasteiger partial charge on any atom is -0.490 e. The first-order valence-electron chi connectivity index (χ1n) is 6.65. The van der Waals surface area contributed by atoms with Gasteiger partial charge in [0.05, 0.1) is 0 Å². The third kappa shape index (κ3) is 2.84. The first-order valence-corrected chi connectivity index (χ1v) is 6.65. The van der Waals surface area contributed by atoms with Crippen LogP contribution in [0, 0.1) is 0 Å². The van der Waals surface area contributed by atoms with Crippen LogP contribution >= 0.6 is 0 Å². The lowest BCUT2D eigenvalue weighted by Gasteiger charge is -2.12. The van der Waals surface area contributed by atoms with Gasteiger partial charge in [-0.05, 0) is 29.7 Å². The van der Waals surface area contributed by atoms with Gasteiger partial charge in [-0.25, -0.2) is 0 Å². The lowest BCUT2D eigenvalue weighted by atomic mass is 10.1. The minimum atomic E-state index is 0.0649. The molecule has 0 N–H and O–H groups in total. The molecule has 2 heteroatoms. The van der Waals surface area contributed by atoms with Crippen molar-refractivity contribution in [2.45, 2.75) is 25.4 Å². The monoisotopic (exact) mass is 252 g/mol. The van der Waals surface area contributed by atoms with E-state index in [-0.39, 0.29) is 6.10 Å². The Balaban J connectivity index is 1.71. The fraction of sp³-hybridized carbons (Fsp3) is 0.235. The summed E-state index contributed by atoms with van der Waals surface area (Å²) < 4.78 is 5.82. The SMILES string of the molecule is O=C1CCC(Oc2ccc(-c3ccccc3)cc2)C1. The summed E-state index contributed by atoms with van der Waals surface area (Å²) in [7, 11) is 0. The van der Waals surface area contributed by atoms with Crippen molar-refractivity contribution in [3.8, 4) is 16.9 Å². The van der Waals surface area contributed by atoms with Crippen molar-refractivity contribution in [3.63, 3.8) is 0 Å². The van der Waals surface area contributed by atoms with E-state index in [0.717, 1.165) is 12.2 Å². The zero-order chi connectivity index (χ0) is 13.1. The van der Waals surface area contributed by atoms with Crippen molar-refractivity contribution in [1.82, 2.24) is 0 Å². The van der Waals surface area contributed by atoms with Crippen molar-refractivity contribution in [1.29, 1.82) is 0 Å². The molecule has 2 aromatic carbocycles. The van der Waals surface area contributed by atoms with Gasteiger partial charge in [0, 0.05) is 12.8 Å². The molecule has 1 aliphatic carbocycles. The molecule has 19 heavy (non-hydrogen) atoms. The number of carbonyl (C=O) groups is 1. The lowest BCUT2D eigenvalue weighted by Crippen LogP contribution is -2.11. The van der Waals surface area contributed by atoms with Gasteiger partial charge in [0.1, 0.15) is 17.6 Å². The summed E-state index contributed by atoms with van der Waals surface area (Å²) in [4.78, 5) is 11.2. The average molecular weight is 252 g/mol. The summed E-state index contributed by atoms with van der Waals surface area (Å²) in [6.07, 6.45) is 2.13. The van der Waals surface area contributed by atoms with Crippen LogP contribution in [0.1, 0.15) is 19.3 Å². The molecule has 0 amide bonds. The Kier molecular flexibility index (Phi) is 3.32. The molecular weight excluding hydrogens is 236 g/mol. The highest BCUT2D eigenvalue weighted by Gasteiger charge is 2.23. The van der Waals surface area contributed by atoms with Gasteiger partial charge in [0.25, 0.3) is 0 Å². The Bertz CT molecular complexity index is 558. The lowest BCUT2D eigenvalue weighted by molar-refractivity contribution is -0.117. The second-order valence-electron chi connectivity index (χ2n) is 4.91. The van der Waals surface area contributed by atoms with Crippen molar-refractivity contribution in [2.75, 3.05) is 0 Å². The molecule has 0 aliphatic heterocycles. The molecule has 96 valence electrons. The maximum absolute atomic E-state index is 11.2. The van der Waals surface area contributed by atoms with Gasteiger partial charge in [0.15, 0.2) is 0 Å². The third-order valence-corrected chi connectivity index (χ3v) is 3.46. The smallest absolute Gasteiger partial charge is 0.136 e. The first kappa shape index (κ1) is 12.0. The average Bonchev–Trinajstić information content (AvgIpc) is 2.86. The summed E-state index contributed by atoms with van der Waals surface area (Å²) in [5.74, 6) is 1.16. The molecule has 1 atom stereocenters. The van der Waals surface area contributed by atoms with Gasteiger partial charge in [-0.1, -0.05) is 42.5 Å². The Morgan fingerprint density at radius 2 is 1.58 bits per heavy atom. The molecule has 1 fully saturated rings. The van der Waals surface area contributed by atoms with E-state index in [1.54, 1.807) is 0 Å². The molecular formula is C17H16O2. The van der Waals surface area contributed by atoms with Crippen LogP contribution in [0.25, 0.3) is 11.1 Å². The van der Waals surface area contributed by atoms with E-state index in [1.807, 2.05) is 30.3 Å². The summed E-state index contributed by atoms with van der Waals surface area (Å²) in [5, 5.41) is 0. The maximum Gasteiger partial charge on any atom is 0.136 e. The number of hydrogen-bond donors (Lipinski definition) is 0. The number of Topliss-reactive ketones (excluding diaryl/α,β-unsaturated/α-hetero) is 1. The zero-order valence-corrected chi connectivity index (χ0v) is 10.7. The van der Waals surface area contributed by atoms with Crippen LogP contribution in [0.4, 0.5) is 0 Å². The first-order chi connectivity index (χ1) is 9.31. The Morgan fingerprint density at radius 3 is 2.21 bits per heavy atom. The third-order valence-electron chi connectivity index (χ3n) is 3.46. The second kappa shape index (κ2) is 5.27. The molecule has 1 aliphatic rings. The van der Waals surface area contributed by atoms with Gasteiger partial charge >= 0.3 is 0 Å². The van der Waals surface area contributed by atoms with Crippen molar-refractivity contribution < 1.29 is 9.53 Å². The number of ether oxygens (including phenoxy) is 1. The van der Waals surface area contributed by atoms with Gasteiger partial charge in [-0.3, -0.25) is 4.79 Å². The molecule has 1 saturated carbocycles. The number of rotatable bonds is 3. The molecule has 0 spiro atoms. The van der Waals surface area contributed by atoms with E-state index in [1.165, 1.54) is 11.1 Å². The molecule has 3 rings (SSSR count). The van der Waals surface area contributed by atoms with Crippen molar-refractivity contribution in [2.24, 2.45) is 0 Å². The van der Waals surface area contributed by atoms with E-state index in [4.69, 9.17) is 4.74 Å². The Hall–Kier alpha value is -2.09. The quantitative estimate of drug-likeness (QED) is 0.829. The maximum atomic E-state index is 11.2. The molecule has 1 unspecified atom stereocenters. The van der Waals surface area contributed by atoms with E-state index >= 15 is 0 Å². The summed E-state index contributed by atoms with van der Waals surface area (Å²) in [6, 6.07) is 18.3. The fourth-order valence-electron chi connectivity index (χ4n) is 2.43. The summed E-state index contributed by atoms with van der Waals surface area (Å²) in [5.41, 5.74) is 2.38. The predicted octanol–water partition coefficient (Wildman–Crippen LogP) is 3.85. The zero-order valence-electron chi connectivity index (χ0n) is 10.7. The molecule has 0 radical (unpaired) electrons. The number of hydrogen-bond acceptors (Lipinski definition) is 2. The van der Waals surface area contributed by atoms with E-state index < -0.39 is 0 Å². The van der Waals surface area contributed by atoms with Crippen LogP contribution in [0.2, 0.25) is 0 Å². The van der Waals surface area contributed by atoms with E-state index in [0.29, 0.717) is 18.6 Å². The molecule has 0 heterocycles. The van der Waals surface area contributed by atoms with Gasteiger partial charge in [-0.15, -0.1) is 0 Å². The molecule has 0 bridgehead atoms. The van der Waals surface area contributed by atoms with Gasteiger partial charge in [0.2, 0.25) is 0 Å². The van der Waals surface area contributed by atoms with E-state index in [2.05, 4.69) is 24.3 Å². The van der Waals surface area contributed by atoms with Crippen LogP contribution in [0.3, 0.4) is 0 Å². The standard InChI is InChI=1S/C17H16O2/c18-15-8-11-17(12-15)19-16-9-6-14(7-10-16)13-4-2-1-3-5-13/h1-7,9-10,17H,8,11-12H2. The van der Waals surface area contributed by atoms with Crippen LogP contribution in [0.15, 0.2) is 54.6 Å². The second-order valence-corrected chi connectivity index (χ2v) is 4.91. The Morgan fingerprint density at radius 1 is 0.895 bits per heavy atom.